The van der Waals surface area contributed by atoms with Gasteiger partial charge in [0.05, 0.1) is 0 Å². The Bertz CT molecular complexity index is 1560. The number of carbonyl (C=O) groups is 5. The number of carboxylic acid groups (broad SMARTS) is 1. The Labute approximate surface area is 254 Å². The van der Waals surface area contributed by atoms with Crippen LogP contribution in [0, 0.1) is 11.8 Å². The van der Waals surface area contributed by atoms with E-state index in [0.717, 1.165) is 10.9 Å². The number of Topliss-reactive ketones (excluding diaryl/α,β-unsaturated/α-hetero) is 1. The molecule has 234 valence electrons. The third kappa shape index (κ3) is 10.1. The first-order valence-corrected chi connectivity index (χ1v) is 14.2. The second-order valence-electron chi connectivity index (χ2n) is 11.0. The number of aliphatic carboxylic acids is 1. The van der Waals surface area contributed by atoms with Crippen molar-refractivity contribution in [3.63, 3.8) is 0 Å². The van der Waals surface area contributed by atoms with Crippen molar-refractivity contribution in [3.05, 3.63) is 70.6 Å². The molecule has 0 aliphatic rings. The van der Waals surface area contributed by atoms with Crippen LogP contribution in [0.4, 0.5) is 5.69 Å². The van der Waals surface area contributed by atoms with E-state index in [-0.39, 0.29) is 37.6 Å². The molecule has 2 aromatic carbocycles. The number of hydrogen-bond acceptors (Lipinski definition) is 8. The van der Waals surface area contributed by atoms with E-state index in [1.807, 2.05) is 0 Å². The first-order chi connectivity index (χ1) is 20.8. The average Bonchev–Trinajstić information content (AvgIpc) is 2.96. The van der Waals surface area contributed by atoms with Crippen molar-refractivity contribution in [1.29, 1.82) is 0 Å². The van der Waals surface area contributed by atoms with Gasteiger partial charge in [-0.1, -0.05) is 32.9 Å². The molecule has 0 spiro atoms. The van der Waals surface area contributed by atoms with Gasteiger partial charge in [-0.2, -0.15) is 0 Å². The first-order valence-electron chi connectivity index (χ1n) is 14.2. The predicted octanol–water partition coefficient (Wildman–Crippen LogP) is 3.42. The lowest BCUT2D eigenvalue weighted by molar-refractivity contribution is -0.138. The smallest absolute Gasteiger partial charge is 0.336 e. The van der Waals surface area contributed by atoms with E-state index in [2.05, 4.69) is 16.0 Å². The van der Waals surface area contributed by atoms with Crippen molar-refractivity contribution in [2.75, 3.05) is 5.32 Å². The van der Waals surface area contributed by atoms with E-state index in [9.17, 15) is 28.8 Å². The van der Waals surface area contributed by atoms with Crippen LogP contribution in [-0.4, -0.2) is 46.7 Å². The van der Waals surface area contributed by atoms with E-state index in [4.69, 9.17) is 14.3 Å². The number of amides is 3. The number of carbonyl (C=O) groups excluding carboxylic acids is 4. The molecule has 3 atom stereocenters. The van der Waals surface area contributed by atoms with Crippen molar-refractivity contribution >= 4 is 46.1 Å². The van der Waals surface area contributed by atoms with Crippen LogP contribution in [0.2, 0.25) is 0 Å². The molecule has 1 aromatic heterocycles. The van der Waals surface area contributed by atoms with Crippen molar-refractivity contribution < 1.29 is 38.2 Å². The molecule has 0 unspecified atom stereocenters. The number of carboxylic acids is 1. The molecule has 44 heavy (non-hydrogen) atoms. The lowest BCUT2D eigenvalue weighted by atomic mass is 9.99. The highest BCUT2D eigenvalue weighted by molar-refractivity contribution is 6.00. The third-order valence-corrected chi connectivity index (χ3v) is 6.83. The Balaban J connectivity index is 1.61. The van der Waals surface area contributed by atoms with Crippen LogP contribution in [0.5, 0.6) is 5.75 Å². The largest absolute Gasteiger partial charge is 0.489 e. The third-order valence-electron chi connectivity index (χ3n) is 6.83. The lowest BCUT2D eigenvalue weighted by Gasteiger charge is -2.26. The van der Waals surface area contributed by atoms with Crippen LogP contribution in [0.3, 0.4) is 0 Å². The van der Waals surface area contributed by atoms with Crippen LogP contribution < -0.4 is 26.3 Å². The van der Waals surface area contributed by atoms with Crippen molar-refractivity contribution in [2.24, 2.45) is 11.8 Å². The van der Waals surface area contributed by atoms with Gasteiger partial charge < -0.3 is 30.2 Å². The van der Waals surface area contributed by atoms with Gasteiger partial charge in [-0.15, -0.1) is 0 Å². The van der Waals surface area contributed by atoms with Gasteiger partial charge in [0, 0.05) is 42.0 Å². The fraction of sp³-hybridized carbons (Fsp3) is 0.375. The minimum atomic E-state index is -1.20. The van der Waals surface area contributed by atoms with Crippen LogP contribution in [0.25, 0.3) is 11.0 Å². The molecule has 0 aliphatic heterocycles. The van der Waals surface area contributed by atoms with Gasteiger partial charge in [-0.3, -0.25) is 24.0 Å². The second kappa shape index (κ2) is 15.5. The maximum atomic E-state index is 13.1. The zero-order valence-electron chi connectivity index (χ0n) is 25.0. The molecule has 3 aromatic rings. The second-order valence-corrected chi connectivity index (χ2v) is 11.0. The summed E-state index contributed by atoms with van der Waals surface area (Å²) in [7, 11) is 0. The van der Waals surface area contributed by atoms with E-state index in [1.165, 1.54) is 13.0 Å². The molecule has 12 heteroatoms. The summed E-state index contributed by atoms with van der Waals surface area (Å²) in [6, 6.07) is 12.8. The minimum Gasteiger partial charge on any atom is -0.489 e. The summed E-state index contributed by atoms with van der Waals surface area (Å²) in [5, 5.41) is 17.6. The number of ether oxygens (including phenoxy) is 1. The molecule has 0 radical (unpaired) electrons. The molecular formula is C32H37N3O9. The summed E-state index contributed by atoms with van der Waals surface area (Å²) in [6.45, 7) is 6.51. The zero-order chi connectivity index (χ0) is 32.4. The molecule has 0 saturated heterocycles. The standard InChI is InChI=1S/C32H37N3O9/c1-18(2)29(35-30(40)19(3)5-13-27(37)38)32(42)34-25(15-20(4)36)31(41)33-23-10-6-21(7-11-23)17-43-24-12-8-22-9-14-28(39)44-26(22)16-24/h6-12,14,16,18-19,25,29H,5,13,15,17H2,1-4H3,(H,33,41)(H,34,42)(H,35,40)(H,37,38)/t19-,25-,29-/m0/s1. The monoisotopic (exact) mass is 607 g/mol. The number of nitrogens with one attached hydrogen (secondary N) is 3. The molecule has 1 heterocycles. The van der Waals surface area contributed by atoms with Gasteiger partial charge in [0.2, 0.25) is 17.7 Å². The van der Waals surface area contributed by atoms with Gasteiger partial charge in [0.25, 0.3) is 0 Å². The fourth-order valence-corrected chi connectivity index (χ4v) is 4.27. The SMILES string of the molecule is CC(=O)C[C@H](NC(=O)[C@@H](NC(=O)[C@@H](C)CCC(=O)O)C(C)C)C(=O)Nc1ccc(COc2ccc3ccc(=O)oc3c2)cc1. The van der Waals surface area contributed by atoms with Crippen LogP contribution in [0.1, 0.15) is 52.5 Å². The summed E-state index contributed by atoms with van der Waals surface area (Å²) in [5.41, 5.74) is 1.17. The van der Waals surface area contributed by atoms with Crippen LogP contribution >= 0.6 is 0 Å². The summed E-state index contributed by atoms with van der Waals surface area (Å²) in [4.78, 5) is 73.1. The van der Waals surface area contributed by atoms with Crippen molar-refractivity contribution in [2.45, 2.75) is 65.6 Å². The van der Waals surface area contributed by atoms with E-state index in [1.54, 1.807) is 69.3 Å². The molecule has 3 rings (SSSR count). The van der Waals surface area contributed by atoms with E-state index < -0.39 is 47.3 Å². The number of fused-ring (bicyclic) bond motifs is 1. The van der Waals surface area contributed by atoms with Crippen LogP contribution in [-0.2, 0) is 30.6 Å². The fourth-order valence-electron chi connectivity index (χ4n) is 4.27. The van der Waals surface area contributed by atoms with Gasteiger partial charge in [-0.25, -0.2) is 4.79 Å². The van der Waals surface area contributed by atoms with E-state index >= 15 is 0 Å². The summed E-state index contributed by atoms with van der Waals surface area (Å²) in [6.07, 6.45) is -0.340. The minimum absolute atomic E-state index is 0.108. The Kier molecular flexibility index (Phi) is 11.8. The Morgan fingerprint density at radius 3 is 2.20 bits per heavy atom. The Morgan fingerprint density at radius 1 is 0.886 bits per heavy atom. The van der Waals surface area contributed by atoms with Crippen molar-refractivity contribution in [1.82, 2.24) is 10.6 Å². The number of hydrogen-bond donors (Lipinski definition) is 4. The molecule has 0 fully saturated rings. The molecule has 0 saturated carbocycles. The van der Waals surface area contributed by atoms with E-state index in [0.29, 0.717) is 17.0 Å². The first kappa shape index (κ1) is 33.5. The molecular weight excluding hydrogens is 570 g/mol. The highest BCUT2D eigenvalue weighted by atomic mass is 16.5. The number of anilines is 1. The maximum absolute atomic E-state index is 13.1. The highest BCUT2D eigenvalue weighted by Crippen LogP contribution is 2.21. The molecule has 3 amide bonds. The number of rotatable bonds is 15. The summed E-state index contributed by atoms with van der Waals surface area (Å²) in [5.74, 6) is -3.56. The normalized spacial score (nSPS) is 13.0. The highest BCUT2D eigenvalue weighted by Gasteiger charge is 2.30. The van der Waals surface area contributed by atoms with Gasteiger partial charge in [0.1, 0.15) is 35.8 Å². The summed E-state index contributed by atoms with van der Waals surface area (Å²) >= 11 is 0. The zero-order valence-corrected chi connectivity index (χ0v) is 25.0. The number of benzene rings is 2. The summed E-state index contributed by atoms with van der Waals surface area (Å²) < 4.78 is 11.0. The topological polar surface area (TPSA) is 181 Å². The van der Waals surface area contributed by atoms with Gasteiger partial charge in [-0.05, 0) is 55.2 Å². The maximum Gasteiger partial charge on any atom is 0.336 e. The average molecular weight is 608 g/mol. The quantitative estimate of drug-likeness (QED) is 0.188. The number of ketones is 1. The predicted molar refractivity (Wildman–Crippen MR) is 162 cm³/mol. The molecule has 4 N–H and O–H groups in total. The Hall–Kier alpha value is -5.00. The van der Waals surface area contributed by atoms with Crippen LogP contribution in [0.15, 0.2) is 63.8 Å². The van der Waals surface area contributed by atoms with Crippen molar-refractivity contribution in [3.8, 4) is 5.75 Å². The molecule has 12 nitrogen and oxygen atoms in total. The lowest BCUT2D eigenvalue weighted by Crippen LogP contribution is -2.55. The Morgan fingerprint density at radius 2 is 1.57 bits per heavy atom. The van der Waals surface area contributed by atoms with Gasteiger partial charge >= 0.3 is 11.6 Å². The molecule has 0 aliphatic carbocycles. The van der Waals surface area contributed by atoms with Gasteiger partial charge in [0.15, 0.2) is 0 Å². The molecule has 0 bridgehead atoms.